The van der Waals surface area contributed by atoms with E-state index < -0.39 is 0 Å². The Hall–Kier alpha value is -2.59. The van der Waals surface area contributed by atoms with Gasteiger partial charge < -0.3 is 10.1 Å². The number of ether oxygens (including phenoxy) is 1. The predicted octanol–water partition coefficient (Wildman–Crippen LogP) is 4.89. The fraction of sp³-hybridized carbons (Fsp3) is 0.190. The topological polar surface area (TPSA) is 38.3 Å². The van der Waals surface area contributed by atoms with Gasteiger partial charge >= 0.3 is 0 Å². The van der Waals surface area contributed by atoms with Crippen molar-refractivity contribution >= 4 is 17.2 Å². The van der Waals surface area contributed by atoms with E-state index in [1.807, 2.05) is 67.8 Å². The summed E-state index contributed by atoms with van der Waals surface area (Å²) in [6, 6.07) is 17.6. The van der Waals surface area contributed by atoms with Gasteiger partial charge in [0.05, 0.1) is 13.2 Å². The molecule has 1 unspecified atom stereocenters. The Kier molecular flexibility index (Phi) is 5.19. The molecule has 0 aliphatic carbocycles. The molecule has 0 radical (unpaired) electrons. The summed E-state index contributed by atoms with van der Waals surface area (Å²) in [5, 5.41) is 5.20. The molecular weight excluding hydrogens is 330 g/mol. The second-order valence-corrected chi connectivity index (χ2v) is 7.05. The first-order valence-corrected chi connectivity index (χ1v) is 9.01. The molecule has 2 aromatic carbocycles. The van der Waals surface area contributed by atoms with Crippen LogP contribution in [0.25, 0.3) is 0 Å². The van der Waals surface area contributed by atoms with E-state index in [0.29, 0.717) is 5.56 Å². The van der Waals surface area contributed by atoms with E-state index in [1.54, 1.807) is 18.4 Å². The fourth-order valence-corrected chi connectivity index (χ4v) is 3.69. The van der Waals surface area contributed by atoms with Crippen molar-refractivity contribution in [2.45, 2.75) is 19.9 Å². The van der Waals surface area contributed by atoms with Crippen LogP contribution in [0.15, 0.2) is 60.0 Å². The van der Waals surface area contributed by atoms with E-state index in [-0.39, 0.29) is 11.9 Å². The molecule has 0 bridgehead atoms. The van der Waals surface area contributed by atoms with Crippen molar-refractivity contribution in [3.05, 3.63) is 87.1 Å². The van der Waals surface area contributed by atoms with E-state index in [1.165, 1.54) is 0 Å². The van der Waals surface area contributed by atoms with Gasteiger partial charge in [0.2, 0.25) is 0 Å². The molecule has 4 heteroatoms. The first-order chi connectivity index (χ1) is 12.1. The molecule has 0 fully saturated rings. The van der Waals surface area contributed by atoms with Crippen molar-refractivity contribution in [3.63, 3.8) is 0 Å². The lowest BCUT2D eigenvalue weighted by Crippen LogP contribution is -2.29. The van der Waals surface area contributed by atoms with Gasteiger partial charge in [0.1, 0.15) is 5.75 Å². The molecule has 0 spiro atoms. The molecule has 0 saturated carbocycles. The normalized spacial score (nSPS) is 11.8. The standard InChI is InChI=1S/C21H21NO2S/c1-14-11-15(2)13-17(12-14)21(23)22-20(19-5-4-10-25-19)16-6-8-18(24-3)9-7-16/h4-13,20H,1-3H3,(H,22,23). The number of amides is 1. The highest BCUT2D eigenvalue weighted by Crippen LogP contribution is 2.28. The zero-order chi connectivity index (χ0) is 17.8. The van der Waals surface area contributed by atoms with Crippen LogP contribution in [0, 0.1) is 13.8 Å². The molecule has 1 amide bonds. The third-order valence-corrected chi connectivity index (χ3v) is 4.97. The van der Waals surface area contributed by atoms with Crippen LogP contribution in [0.1, 0.15) is 38.0 Å². The number of benzene rings is 2. The van der Waals surface area contributed by atoms with Crippen molar-refractivity contribution in [1.82, 2.24) is 5.32 Å². The van der Waals surface area contributed by atoms with Crippen molar-refractivity contribution in [1.29, 1.82) is 0 Å². The smallest absolute Gasteiger partial charge is 0.252 e. The van der Waals surface area contributed by atoms with Crippen LogP contribution >= 0.6 is 11.3 Å². The molecule has 0 aliphatic heterocycles. The van der Waals surface area contributed by atoms with Crippen LogP contribution in [0.4, 0.5) is 0 Å². The van der Waals surface area contributed by atoms with Crippen molar-refractivity contribution in [2.24, 2.45) is 0 Å². The summed E-state index contributed by atoms with van der Waals surface area (Å²) in [4.78, 5) is 13.9. The zero-order valence-corrected chi connectivity index (χ0v) is 15.4. The molecule has 25 heavy (non-hydrogen) atoms. The summed E-state index contributed by atoms with van der Waals surface area (Å²) in [6.45, 7) is 4.01. The van der Waals surface area contributed by atoms with E-state index in [2.05, 4.69) is 11.4 Å². The van der Waals surface area contributed by atoms with E-state index >= 15 is 0 Å². The van der Waals surface area contributed by atoms with Gasteiger partial charge in [-0.05, 0) is 55.1 Å². The third kappa shape index (κ3) is 4.09. The van der Waals surface area contributed by atoms with Crippen LogP contribution in [-0.2, 0) is 0 Å². The number of aryl methyl sites for hydroxylation is 2. The Morgan fingerprint density at radius 1 is 1.04 bits per heavy atom. The minimum atomic E-state index is -0.181. The van der Waals surface area contributed by atoms with Crippen LogP contribution in [-0.4, -0.2) is 13.0 Å². The average Bonchev–Trinajstić information content (AvgIpc) is 3.13. The summed E-state index contributed by atoms with van der Waals surface area (Å²) in [5.41, 5.74) is 3.89. The van der Waals surface area contributed by atoms with Gasteiger partial charge in [0.15, 0.2) is 0 Å². The molecule has 1 N–H and O–H groups in total. The van der Waals surface area contributed by atoms with Crippen LogP contribution in [0.5, 0.6) is 5.75 Å². The third-order valence-electron chi connectivity index (χ3n) is 4.04. The maximum atomic E-state index is 12.8. The second-order valence-electron chi connectivity index (χ2n) is 6.07. The lowest BCUT2D eigenvalue weighted by Gasteiger charge is -2.19. The summed E-state index contributed by atoms with van der Waals surface area (Å²) in [6.07, 6.45) is 0. The largest absolute Gasteiger partial charge is 0.497 e. The lowest BCUT2D eigenvalue weighted by atomic mass is 10.0. The fourth-order valence-electron chi connectivity index (χ4n) is 2.89. The quantitative estimate of drug-likeness (QED) is 0.710. The Bertz CT molecular complexity index is 834. The minimum Gasteiger partial charge on any atom is -0.497 e. The summed E-state index contributed by atoms with van der Waals surface area (Å²) in [7, 11) is 1.65. The van der Waals surface area contributed by atoms with Gasteiger partial charge in [0.25, 0.3) is 5.91 Å². The molecule has 1 heterocycles. The molecule has 3 rings (SSSR count). The zero-order valence-electron chi connectivity index (χ0n) is 14.6. The minimum absolute atomic E-state index is 0.0685. The highest BCUT2D eigenvalue weighted by Gasteiger charge is 2.19. The summed E-state index contributed by atoms with van der Waals surface area (Å²) in [5.74, 6) is 0.732. The Balaban J connectivity index is 1.91. The van der Waals surface area contributed by atoms with Crippen molar-refractivity contribution < 1.29 is 9.53 Å². The van der Waals surface area contributed by atoms with Gasteiger partial charge in [-0.25, -0.2) is 0 Å². The number of rotatable bonds is 5. The second kappa shape index (κ2) is 7.53. The molecule has 3 nitrogen and oxygen atoms in total. The molecule has 0 saturated heterocycles. The first kappa shape index (κ1) is 17.2. The van der Waals surface area contributed by atoms with Crippen LogP contribution < -0.4 is 10.1 Å². The van der Waals surface area contributed by atoms with E-state index in [0.717, 1.165) is 27.3 Å². The molecule has 1 atom stereocenters. The summed E-state index contributed by atoms with van der Waals surface area (Å²) >= 11 is 1.63. The predicted molar refractivity (Wildman–Crippen MR) is 103 cm³/mol. The van der Waals surface area contributed by atoms with Crippen molar-refractivity contribution in [2.75, 3.05) is 7.11 Å². The maximum Gasteiger partial charge on any atom is 0.252 e. The molecule has 1 aromatic heterocycles. The Morgan fingerprint density at radius 2 is 1.72 bits per heavy atom. The van der Waals surface area contributed by atoms with Crippen LogP contribution in [0.3, 0.4) is 0 Å². The van der Waals surface area contributed by atoms with Gasteiger partial charge in [-0.3, -0.25) is 4.79 Å². The van der Waals surface area contributed by atoms with Crippen LogP contribution in [0.2, 0.25) is 0 Å². The summed E-state index contributed by atoms with van der Waals surface area (Å²) < 4.78 is 5.23. The Labute approximate surface area is 152 Å². The number of carbonyl (C=O) groups excluding carboxylic acids is 1. The van der Waals surface area contributed by atoms with E-state index in [9.17, 15) is 4.79 Å². The number of thiophene rings is 1. The number of methoxy groups -OCH3 is 1. The van der Waals surface area contributed by atoms with Crippen molar-refractivity contribution in [3.8, 4) is 5.75 Å². The number of hydrogen-bond donors (Lipinski definition) is 1. The van der Waals surface area contributed by atoms with Gasteiger partial charge in [-0.1, -0.05) is 35.4 Å². The van der Waals surface area contributed by atoms with E-state index in [4.69, 9.17) is 4.74 Å². The molecule has 0 aliphatic rings. The van der Waals surface area contributed by atoms with Gasteiger partial charge in [-0.15, -0.1) is 11.3 Å². The number of carbonyl (C=O) groups is 1. The Morgan fingerprint density at radius 3 is 2.28 bits per heavy atom. The highest BCUT2D eigenvalue weighted by molar-refractivity contribution is 7.10. The SMILES string of the molecule is COc1ccc(C(NC(=O)c2cc(C)cc(C)c2)c2cccs2)cc1. The van der Waals surface area contributed by atoms with Gasteiger partial charge in [0, 0.05) is 10.4 Å². The monoisotopic (exact) mass is 351 g/mol. The number of hydrogen-bond acceptors (Lipinski definition) is 3. The molecular formula is C21H21NO2S. The molecule has 3 aromatic rings. The first-order valence-electron chi connectivity index (χ1n) is 8.13. The maximum absolute atomic E-state index is 12.8. The lowest BCUT2D eigenvalue weighted by molar-refractivity contribution is 0.0943. The van der Waals surface area contributed by atoms with Gasteiger partial charge in [-0.2, -0.15) is 0 Å². The average molecular weight is 351 g/mol. The highest BCUT2D eigenvalue weighted by atomic mass is 32.1. The number of nitrogens with one attached hydrogen (secondary N) is 1. The molecule has 128 valence electrons.